The third kappa shape index (κ3) is 5.02. The number of aromatic nitrogens is 1. The highest BCUT2D eigenvalue weighted by Crippen LogP contribution is 2.33. The van der Waals surface area contributed by atoms with Gasteiger partial charge in [0.1, 0.15) is 0 Å². The highest BCUT2D eigenvalue weighted by Gasteiger charge is 2.38. The summed E-state index contributed by atoms with van der Waals surface area (Å²) < 4.78 is 81.7. The zero-order valence-electron chi connectivity index (χ0n) is 15.9. The Bertz CT molecular complexity index is 897. The monoisotopic (exact) mass is 436 g/mol. The van der Waals surface area contributed by atoms with E-state index in [1.54, 1.807) is 0 Å². The first-order valence-electron chi connectivity index (χ1n) is 8.61. The number of benzene rings is 1. The maximum Gasteiger partial charge on any atom is 0.417 e. The van der Waals surface area contributed by atoms with E-state index in [9.17, 15) is 36.2 Å². The number of aliphatic hydroxyl groups is 1. The molecule has 1 atom stereocenters. The molecule has 164 valence electrons. The molecule has 11 heteroatoms. The minimum Gasteiger partial charge on any atom is -0.481 e. The van der Waals surface area contributed by atoms with Gasteiger partial charge < -0.3 is 15.2 Å². The van der Waals surface area contributed by atoms with Gasteiger partial charge in [-0.3, -0.25) is 4.79 Å². The van der Waals surface area contributed by atoms with Gasteiger partial charge in [-0.05, 0) is 30.2 Å². The van der Waals surface area contributed by atoms with Gasteiger partial charge in [0.05, 0.1) is 18.2 Å². The second kappa shape index (κ2) is 8.50. The molecule has 1 unspecified atom stereocenters. The maximum atomic E-state index is 12.9. The molecule has 0 aliphatic heterocycles. The van der Waals surface area contributed by atoms with Crippen LogP contribution in [0.1, 0.15) is 35.6 Å². The number of nitrogens with zero attached hydrogens (tertiary/aromatic N) is 1. The lowest BCUT2D eigenvalue weighted by Gasteiger charge is -2.26. The normalized spacial score (nSPS) is 14.2. The number of amides is 1. The van der Waals surface area contributed by atoms with Crippen molar-refractivity contribution in [3.05, 3.63) is 58.8 Å². The number of ether oxygens (including phenoxy) is 1. The molecule has 2 rings (SSSR count). The SMILES string of the molecule is CCC(O)(C(=O)NCc1cc(C(F)(F)F)cnc1OC)c1ccc(C(F)(F)F)cc1. The molecule has 0 fully saturated rings. The second-order valence-electron chi connectivity index (χ2n) is 6.36. The molecule has 0 aliphatic rings. The number of hydrogen-bond donors (Lipinski definition) is 2. The van der Waals surface area contributed by atoms with Crippen LogP contribution < -0.4 is 10.1 Å². The molecule has 2 aromatic rings. The molecule has 0 bridgehead atoms. The van der Waals surface area contributed by atoms with Crippen molar-refractivity contribution < 1.29 is 41.0 Å². The molecule has 30 heavy (non-hydrogen) atoms. The summed E-state index contributed by atoms with van der Waals surface area (Å²) in [6, 6.07) is 4.14. The summed E-state index contributed by atoms with van der Waals surface area (Å²) in [7, 11) is 1.19. The van der Waals surface area contributed by atoms with E-state index < -0.39 is 41.5 Å². The Morgan fingerprint density at radius 2 is 1.57 bits per heavy atom. The van der Waals surface area contributed by atoms with E-state index in [1.165, 1.54) is 14.0 Å². The third-order valence-electron chi connectivity index (χ3n) is 4.46. The van der Waals surface area contributed by atoms with Crippen molar-refractivity contribution in [3.63, 3.8) is 0 Å². The van der Waals surface area contributed by atoms with Gasteiger partial charge in [-0.15, -0.1) is 0 Å². The predicted molar refractivity (Wildman–Crippen MR) is 93.3 cm³/mol. The van der Waals surface area contributed by atoms with Crippen LogP contribution in [0.4, 0.5) is 26.3 Å². The molecule has 1 heterocycles. The van der Waals surface area contributed by atoms with Gasteiger partial charge in [0.15, 0.2) is 5.60 Å². The minimum atomic E-state index is -4.66. The van der Waals surface area contributed by atoms with Gasteiger partial charge in [-0.25, -0.2) is 4.98 Å². The summed E-state index contributed by atoms with van der Waals surface area (Å²) >= 11 is 0. The highest BCUT2D eigenvalue weighted by molar-refractivity contribution is 5.86. The van der Waals surface area contributed by atoms with Crippen molar-refractivity contribution in [1.82, 2.24) is 10.3 Å². The van der Waals surface area contributed by atoms with E-state index in [1.807, 2.05) is 0 Å². The molecule has 0 saturated heterocycles. The zero-order chi connectivity index (χ0) is 22.7. The molecule has 5 nitrogen and oxygen atoms in total. The van der Waals surface area contributed by atoms with Crippen molar-refractivity contribution in [2.24, 2.45) is 0 Å². The lowest BCUT2D eigenvalue weighted by Crippen LogP contribution is -2.43. The number of rotatable bonds is 6. The zero-order valence-corrected chi connectivity index (χ0v) is 15.9. The fraction of sp³-hybridized carbons (Fsp3) is 0.368. The van der Waals surface area contributed by atoms with Crippen LogP contribution in [0.5, 0.6) is 5.88 Å². The number of halogens is 6. The molecule has 0 saturated carbocycles. The van der Waals surface area contributed by atoms with Gasteiger partial charge in [-0.1, -0.05) is 19.1 Å². The Kier molecular flexibility index (Phi) is 6.65. The molecule has 1 aromatic carbocycles. The molecule has 1 aromatic heterocycles. The van der Waals surface area contributed by atoms with Crippen LogP contribution in [0.3, 0.4) is 0 Å². The second-order valence-corrected chi connectivity index (χ2v) is 6.36. The molecule has 0 aliphatic carbocycles. The number of alkyl halides is 6. The van der Waals surface area contributed by atoms with Crippen molar-refractivity contribution in [2.75, 3.05) is 7.11 Å². The predicted octanol–water partition coefficient (Wildman–Crippen LogP) is 4.04. The summed E-state index contributed by atoms with van der Waals surface area (Å²) in [4.78, 5) is 16.1. The Morgan fingerprint density at radius 3 is 2.03 bits per heavy atom. The van der Waals surface area contributed by atoms with Gasteiger partial charge in [-0.2, -0.15) is 26.3 Å². The van der Waals surface area contributed by atoms with Crippen molar-refractivity contribution >= 4 is 5.91 Å². The van der Waals surface area contributed by atoms with Gasteiger partial charge in [0.25, 0.3) is 5.91 Å². The van der Waals surface area contributed by atoms with Crippen LogP contribution in [0, 0.1) is 0 Å². The van der Waals surface area contributed by atoms with E-state index in [-0.39, 0.29) is 23.4 Å². The fourth-order valence-corrected chi connectivity index (χ4v) is 2.72. The summed E-state index contributed by atoms with van der Waals surface area (Å²) in [5, 5.41) is 13.0. The van der Waals surface area contributed by atoms with E-state index in [0.717, 1.165) is 30.3 Å². The largest absolute Gasteiger partial charge is 0.481 e. The van der Waals surface area contributed by atoms with Crippen LogP contribution in [0.25, 0.3) is 0 Å². The first-order valence-corrected chi connectivity index (χ1v) is 8.61. The van der Waals surface area contributed by atoms with E-state index in [2.05, 4.69) is 10.3 Å². The summed E-state index contributed by atoms with van der Waals surface area (Å²) in [6.45, 7) is 0.978. The molecule has 2 N–H and O–H groups in total. The number of carbonyl (C=O) groups is 1. The molecule has 0 spiro atoms. The van der Waals surface area contributed by atoms with Crippen LogP contribution in [0.15, 0.2) is 36.5 Å². The minimum absolute atomic E-state index is 0.0912. The number of methoxy groups -OCH3 is 1. The van der Waals surface area contributed by atoms with Crippen molar-refractivity contribution in [2.45, 2.75) is 37.8 Å². The fourth-order valence-electron chi connectivity index (χ4n) is 2.72. The Labute approximate surface area is 167 Å². The summed E-state index contributed by atoms with van der Waals surface area (Å²) in [6.07, 6.45) is -8.86. The standard InChI is InChI=1S/C19H18F6N2O3/c1-3-17(29,12-4-6-13(7-5-12)18(20,21)22)16(28)27-9-11-8-14(19(23,24)25)10-26-15(11)30-2/h4-8,10,29H,3,9H2,1-2H3,(H,27,28). The van der Waals surface area contributed by atoms with Crippen molar-refractivity contribution in [1.29, 1.82) is 0 Å². The summed E-state index contributed by atoms with van der Waals surface area (Å²) in [5.74, 6) is -1.15. The lowest BCUT2D eigenvalue weighted by atomic mass is 9.89. The van der Waals surface area contributed by atoms with Crippen molar-refractivity contribution in [3.8, 4) is 5.88 Å². The van der Waals surface area contributed by atoms with E-state index in [4.69, 9.17) is 4.74 Å². The third-order valence-corrected chi connectivity index (χ3v) is 4.46. The molecular formula is C19H18F6N2O3. The van der Waals surface area contributed by atoms with Crippen LogP contribution >= 0.6 is 0 Å². The Hall–Kier alpha value is -2.82. The number of pyridine rings is 1. The first-order chi connectivity index (χ1) is 13.8. The lowest BCUT2D eigenvalue weighted by molar-refractivity contribution is -0.141. The quantitative estimate of drug-likeness (QED) is 0.671. The van der Waals surface area contributed by atoms with Gasteiger partial charge in [0, 0.05) is 18.3 Å². The van der Waals surface area contributed by atoms with E-state index >= 15 is 0 Å². The van der Waals surface area contributed by atoms with E-state index in [0.29, 0.717) is 6.20 Å². The number of nitrogens with one attached hydrogen (secondary N) is 1. The van der Waals surface area contributed by atoms with Crippen LogP contribution in [-0.2, 0) is 29.3 Å². The Balaban J connectivity index is 2.25. The van der Waals surface area contributed by atoms with Crippen LogP contribution in [-0.4, -0.2) is 23.1 Å². The Morgan fingerprint density at radius 1 is 1.03 bits per heavy atom. The maximum absolute atomic E-state index is 12.9. The average Bonchev–Trinajstić information content (AvgIpc) is 2.69. The molecular weight excluding hydrogens is 418 g/mol. The van der Waals surface area contributed by atoms with Gasteiger partial charge in [0.2, 0.25) is 5.88 Å². The molecule has 0 radical (unpaired) electrons. The summed E-state index contributed by atoms with van der Waals surface area (Å²) in [5.41, 5.74) is -4.38. The van der Waals surface area contributed by atoms with Gasteiger partial charge >= 0.3 is 12.4 Å². The average molecular weight is 436 g/mol. The van der Waals surface area contributed by atoms with Crippen LogP contribution in [0.2, 0.25) is 0 Å². The molecule has 1 amide bonds. The highest BCUT2D eigenvalue weighted by atomic mass is 19.4. The topological polar surface area (TPSA) is 71.5 Å². The first kappa shape index (κ1) is 23.5. The smallest absolute Gasteiger partial charge is 0.417 e. The number of carbonyl (C=O) groups excluding carboxylic acids is 1. The number of hydrogen-bond acceptors (Lipinski definition) is 4.